The molecule has 106 valence electrons. The first-order valence-electron chi connectivity index (χ1n) is 6.97. The fraction of sp³-hybridized carbons (Fsp3) is 0.438. The molecule has 0 radical (unpaired) electrons. The number of carbonyl (C=O) groups excluding carboxylic acids is 3. The van der Waals surface area contributed by atoms with Gasteiger partial charge in [-0.25, -0.2) is 0 Å². The van der Waals surface area contributed by atoms with Crippen molar-refractivity contribution in [2.24, 2.45) is 11.3 Å². The molecule has 1 aliphatic rings. The Kier molecular flexibility index (Phi) is 4.02. The van der Waals surface area contributed by atoms with E-state index >= 15 is 0 Å². The molecule has 0 unspecified atom stereocenters. The zero-order valence-electron chi connectivity index (χ0n) is 11.8. The van der Waals surface area contributed by atoms with Crippen LogP contribution in [0, 0.1) is 11.3 Å². The third-order valence-electron chi connectivity index (χ3n) is 4.41. The first-order chi connectivity index (χ1) is 9.59. The van der Waals surface area contributed by atoms with Gasteiger partial charge < -0.3 is 4.79 Å². The van der Waals surface area contributed by atoms with E-state index in [0.29, 0.717) is 18.5 Å². The molecule has 0 bridgehead atoms. The molecular weight excluding hydrogens is 254 g/mol. The smallest absolute Gasteiger partial charge is 0.238 e. The average molecular weight is 273 g/mol. The van der Waals surface area contributed by atoms with Crippen molar-refractivity contribution in [3.8, 4) is 0 Å². The predicted octanol–water partition coefficient (Wildman–Crippen LogP) is 2.57. The Bertz CT molecular complexity index is 520. The van der Waals surface area contributed by atoms with Gasteiger partial charge in [-0.15, -0.1) is 0 Å². The molecule has 20 heavy (non-hydrogen) atoms. The molecule has 4 nitrogen and oxygen atoms in total. The number of aldehydes is 1. The van der Waals surface area contributed by atoms with Crippen LogP contribution in [-0.2, 0) is 14.4 Å². The lowest BCUT2D eigenvalue weighted by Crippen LogP contribution is -2.38. The summed E-state index contributed by atoms with van der Waals surface area (Å²) in [6.45, 7) is 3.78. The van der Waals surface area contributed by atoms with Crippen LogP contribution in [0.25, 0.3) is 0 Å². The quantitative estimate of drug-likeness (QED) is 0.612. The number of benzene rings is 1. The van der Waals surface area contributed by atoms with Crippen LogP contribution in [0.5, 0.6) is 0 Å². The Morgan fingerprint density at radius 2 is 1.80 bits per heavy atom. The number of amides is 2. The first-order valence-corrected chi connectivity index (χ1v) is 6.97. The standard InChI is InChI=1S/C16H19NO3/c1-3-16(4-2,11-18)13-10-14(19)17(15(13)20)12-8-6-5-7-9-12/h5-9,11,13H,3-4,10H2,1-2H3/t13-/m0/s1. The number of hydrogen-bond donors (Lipinski definition) is 0. The van der Waals surface area contributed by atoms with E-state index in [1.807, 2.05) is 19.9 Å². The molecule has 4 heteroatoms. The molecule has 0 N–H and O–H groups in total. The third kappa shape index (κ3) is 2.15. The second kappa shape index (κ2) is 5.57. The van der Waals surface area contributed by atoms with Gasteiger partial charge in [0, 0.05) is 11.8 Å². The normalized spacial score (nSPS) is 19.5. The minimum absolute atomic E-state index is 0.119. The Labute approximate surface area is 118 Å². The van der Waals surface area contributed by atoms with Crippen LogP contribution in [0.3, 0.4) is 0 Å². The van der Waals surface area contributed by atoms with Crippen LogP contribution in [-0.4, -0.2) is 18.1 Å². The molecule has 0 saturated carbocycles. The summed E-state index contributed by atoms with van der Waals surface area (Å²) >= 11 is 0. The SMILES string of the molecule is CCC(C=O)(CC)[C@H]1CC(=O)N(c2ccccc2)C1=O. The van der Waals surface area contributed by atoms with E-state index in [9.17, 15) is 14.4 Å². The summed E-state index contributed by atoms with van der Waals surface area (Å²) in [5.74, 6) is -1.01. The van der Waals surface area contributed by atoms with Gasteiger partial charge >= 0.3 is 0 Å². The molecular formula is C16H19NO3. The number of carbonyl (C=O) groups is 3. The Hall–Kier alpha value is -1.97. The Morgan fingerprint density at radius 3 is 2.30 bits per heavy atom. The van der Waals surface area contributed by atoms with E-state index in [1.54, 1.807) is 24.3 Å². The summed E-state index contributed by atoms with van der Waals surface area (Å²) in [4.78, 5) is 37.5. The van der Waals surface area contributed by atoms with Crippen molar-refractivity contribution in [1.82, 2.24) is 0 Å². The lowest BCUT2D eigenvalue weighted by atomic mass is 9.71. The van der Waals surface area contributed by atoms with Crippen molar-refractivity contribution < 1.29 is 14.4 Å². The van der Waals surface area contributed by atoms with Crippen LogP contribution in [0.1, 0.15) is 33.1 Å². The van der Waals surface area contributed by atoms with Crippen LogP contribution in [0.4, 0.5) is 5.69 Å². The molecule has 2 rings (SSSR count). The molecule has 1 heterocycles. The fourth-order valence-electron chi connectivity index (χ4n) is 2.92. The molecule has 2 amide bonds. The van der Waals surface area contributed by atoms with E-state index in [4.69, 9.17) is 0 Å². The summed E-state index contributed by atoms with van der Waals surface area (Å²) in [5, 5.41) is 0. The van der Waals surface area contributed by atoms with Gasteiger partial charge in [0.2, 0.25) is 11.8 Å². The summed E-state index contributed by atoms with van der Waals surface area (Å²) < 4.78 is 0. The van der Waals surface area contributed by atoms with Crippen molar-refractivity contribution >= 4 is 23.8 Å². The molecule has 1 aromatic carbocycles. The zero-order valence-corrected chi connectivity index (χ0v) is 11.8. The fourth-order valence-corrected chi connectivity index (χ4v) is 2.92. The molecule has 1 aliphatic heterocycles. The average Bonchev–Trinajstić information content (AvgIpc) is 2.78. The molecule has 0 aliphatic carbocycles. The molecule has 1 atom stereocenters. The molecule has 0 spiro atoms. The number of nitrogens with zero attached hydrogens (tertiary/aromatic N) is 1. The Morgan fingerprint density at radius 1 is 1.20 bits per heavy atom. The molecule has 0 aromatic heterocycles. The van der Waals surface area contributed by atoms with Gasteiger partial charge in [-0.05, 0) is 25.0 Å². The van der Waals surface area contributed by atoms with Crippen LogP contribution >= 0.6 is 0 Å². The molecule has 1 fully saturated rings. The highest BCUT2D eigenvalue weighted by Crippen LogP contribution is 2.41. The van der Waals surface area contributed by atoms with E-state index in [2.05, 4.69) is 0 Å². The summed E-state index contributed by atoms with van der Waals surface area (Å²) in [6.07, 6.45) is 2.12. The van der Waals surface area contributed by atoms with Crippen LogP contribution < -0.4 is 4.90 Å². The Balaban J connectivity index is 2.36. The van der Waals surface area contributed by atoms with Crippen molar-refractivity contribution in [2.45, 2.75) is 33.1 Å². The van der Waals surface area contributed by atoms with Gasteiger partial charge in [-0.1, -0.05) is 32.0 Å². The minimum atomic E-state index is -0.726. The number of rotatable bonds is 5. The van der Waals surface area contributed by atoms with Crippen molar-refractivity contribution in [2.75, 3.05) is 4.90 Å². The minimum Gasteiger partial charge on any atom is -0.303 e. The number of para-hydroxylation sites is 1. The van der Waals surface area contributed by atoms with Gasteiger partial charge in [0.15, 0.2) is 0 Å². The van der Waals surface area contributed by atoms with Gasteiger partial charge in [-0.2, -0.15) is 0 Å². The lowest BCUT2D eigenvalue weighted by Gasteiger charge is -2.30. The van der Waals surface area contributed by atoms with Gasteiger partial charge in [0.05, 0.1) is 11.6 Å². The number of imide groups is 1. The highest BCUT2D eigenvalue weighted by atomic mass is 16.2. The molecule has 1 aromatic rings. The maximum Gasteiger partial charge on any atom is 0.238 e. The first kappa shape index (κ1) is 14.4. The van der Waals surface area contributed by atoms with E-state index in [0.717, 1.165) is 6.29 Å². The van der Waals surface area contributed by atoms with Crippen LogP contribution in [0.2, 0.25) is 0 Å². The van der Waals surface area contributed by atoms with Crippen molar-refractivity contribution in [1.29, 1.82) is 0 Å². The maximum absolute atomic E-state index is 12.6. The van der Waals surface area contributed by atoms with Crippen molar-refractivity contribution in [3.63, 3.8) is 0 Å². The number of hydrogen-bond acceptors (Lipinski definition) is 3. The van der Waals surface area contributed by atoms with Crippen LogP contribution in [0.15, 0.2) is 30.3 Å². The highest BCUT2D eigenvalue weighted by Gasteiger charge is 2.49. The topological polar surface area (TPSA) is 54.5 Å². The van der Waals surface area contributed by atoms with E-state index in [-0.39, 0.29) is 18.2 Å². The van der Waals surface area contributed by atoms with E-state index < -0.39 is 11.3 Å². The lowest BCUT2D eigenvalue weighted by molar-refractivity contribution is -0.131. The summed E-state index contributed by atoms with van der Waals surface area (Å²) in [5.41, 5.74) is -0.145. The monoisotopic (exact) mass is 273 g/mol. The maximum atomic E-state index is 12.6. The summed E-state index contributed by atoms with van der Waals surface area (Å²) in [7, 11) is 0. The summed E-state index contributed by atoms with van der Waals surface area (Å²) in [6, 6.07) is 8.88. The highest BCUT2D eigenvalue weighted by molar-refractivity contribution is 6.21. The van der Waals surface area contributed by atoms with Crippen molar-refractivity contribution in [3.05, 3.63) is 30.3 Å². The second-order valence-corrected chi connectivity index (χ2v) is 5.22. The van der Waals surface area contributed by atoms with E-state index in [1.165, 1.54) is 4.90 Å². The third-order valence-corrected chi connectivity index (χ3v) is 4.41. The second-order valence-electron chi connectivity index (χ2n) is 5.22. The van der Waals surface area contributed by atoms with Gasteiger partial charge in [-0.3, -0.25) is 14.5 Å². The predicted molar refractivity (Wildman–Crippen MR) is 76.1 cm³/mol. The number of anilines is 1. The van der Waals surface area contributed by atoms with Gasteiger partial charge in [0.25, 0.3) is 0 Å². The zero-order chi connectivity index (χ0) is 14.8. The van der Waals surface area contributed by atoms with Gasteiger partial charge in [0.1, 0.15) is 6.29 Å². The largest absolute Gasteiger partial charge is 0.303 e. The molecule has 1 saturated heterocycles.